The van der Waals surface area contributed by atoms with Crippen LogP contribution in [0.4, 0.5) is 18.9 Å². The van der Waals surface area contributed by atoms with Crippen LogP contribution in [0.1, 0.15) is 11.4 Å². The number of aromatic nitrogens is 2. The van der Waals surface area contributed by atoms with Gasteiger partial charge in [-0.05, 0) is 24.6 Å². The van der Waals surface area contributed by atoms with Gasteiger partial charge in [-0.2, -0.15) is 13.2 Å². The van der Waals surface area contributed by atoms with Crippen molar-refractivity contribution in [1.82, 2.24) is 9.97 Å². The molecule has 8 heteroatoms. The Hall–Kier alpha value is -2.02. The zero-order valence-electron chi connectivity index (χ0n) is 10.5. The van der Waals surface area contributed by atoms with Gasteiger partial charge in [-0.3, -0.25) is 4.79 Å². The first-order chi connectivity index (χ1) is 9.86. The topological polar surface area (TPSA) is 57.8 Å². The molecule has 0 unspecified atom stereocenters. The van der Waals surface area contributed by atoms with E-state index in [1.165, 1.54) is 0 Å². The summed E-state index contributed by atoms with van der Waals surface area (Å²) in [5.74, 6) is -1.30. The minimum atomic E-state index is -4.71. The second-order valence-corrected chi connectivity index (χ2v) is 5.04. The quantitative estimate of drug-likeness (QED) is 0.785. The molecule has 2 heterocycles. The molecule has 0 saturated heterocycles. The third-order valence-electron chi connectivity index (χ3n) is 3.21. The summed E-state index contributed by atoms with van der Waals surface area (Å²) in [6.07, 6.45) is -4.43. The number of nitrogens with one attached hydrogen (secondary N) is 2. The van der Waals surface area contributed by atoms with Gasteiger partial charge < -0.3 is 10.3 Å². The fraction of sp³-hybridized carbons (Fsp3) is 0.231. The number of rotatable bonds is 0. The van der Waals surface area contributed by atoms with Gasteiger partial charge in [0.05, 0.1) is 5.69 Å². The summed E-state index contributed by atoms with van der Waals surface area (Å²) in [5.41, 5.74) is 0.507. The van der Waals surface area contributed by atoms with Crippen molar-refractivity contribution < 1.29 is 13.2 Å². The largest absolute Gasteiger partial charge is 0.449 e. The van der Waals surface area contributed by atoms with Crippen LogP contribution in [0.5, 0.6) is 0 Å². The number of aromatic amines is 1. The molecule has 0 fully saturated rings. The molecule has 0 bridgehead atoms. The molecule has 110 valence electrons. The van der Waals surface area contributed by atoms with Crippen molar-refractivity contribution in [2.45, 2.75) is 12.6 Å². The number of alkyl halides is 3. The molecule has 0 spiro atoms. The van der Waals surface area contributed by atoms with E-state index in [0.29, 0.717) is 22.8 Å². The lowest BCUT2D eigenvalue weighted by Gasteiger charge is -2.11. The molecular weight excluding hydrogens is 307 g/mol. The lowest BCUT2D eigenvalue weighted by Crippen LogP contribution is -2.23. The first-order valence-electron chi connectivity index (χ1n) is 6.10. The van der Waals surface area contributed by atoms with Gasteiger partial charge in [0.2, 0.25) is 5.82 Å². The number of benzene rings is 1. The SMILES string of the molecule is O=c1[nH]c(C(F)(F)F)nc2c1CCNc1cc(Cl)ccc1-2. The third-order valence-corrected chi connectivity index (χ3v) is 3.45. The zero-order chi connectivity index (χ0) is 15.2. The van der Waals surface area contributed by atoms with Crippen molar-refractivity contribution in [2.24, 2.45) is 0 Å². The van der Waals surface area contributed by atoms with E-state index >= 15 is 0 Å². The van der Waals surface area contributed by atoms with Gasteiger partial charge >= 0.3 is 6.18 Å². The van der Waals surface area contributed by atoms with Gasteiger partial charge in [0, 0.05) is 28.4 Å². The van der Waals surface area contributed by atoms with Crippen LogP contribution in [0, 0.1) is 0 Å². The van der Waals surface area contributed by atoms with Gasteiger partial charge in [-0.15, -0.1) is 0 Å². The van der Waals surface area contributed by atoms with E-state index in [1.54, 1.807) is 23.2 Å². The molecule has 1 aliphatic rings. The van der Waals surface area contributed by atoms with Crippen LogP contribution in [-0.2, 0) is 12.6 Å². The molecule has 1 aromatic heterocycles. The molecule has 0 amide bonds. The average Bonchev–Trinajstić information content (AvgIpc) is 2.57. The molecule has 0 radical (unpaired) electrons. The van der Waals surface area contributed by atoms with Gasteiger partial charge in [0.1, 0.15) is 0 Å². The Labute approximate surface area is 122 Å². The second kappa shape index (κ2) is 4.77. The molecule has 3 rings (SSSR count). The van der Waals surface area contributed by atoms with Gasteiger partial charge in [-0.1, -0.05) is 11.6 Å². The fourth-order valence-electron chi connectivity index (χ4n) is 2.28. The Morgan fingerprint density at radius 3 is 2.76 bits per heavy atom. The van der Waals surface area contributed by atoms with Crippen LogP contribution < -0.4 is 10.9 Å². The molecule has 0 saturated carbocycles. The van der Waals surface area contributed by atoms with E-state index in [1.807, 2.05) is 0 Å². The van der Waals surface area contributed by atoms with Crippen molar-refractivity contribution in [3.05, 3.63) is 45.0 Å². The summed E-state index contributed by atoms with van der Waals surface area (Å²) in [6, 6.07) is 4.71. The smallest absolute Gasteiger partial charge is 0.384 e. The van der Waals surface area contributed by atoms with Crippen molar-refractivity contribution >= 4 is 17.3 Å². The predicted molar refractivity (Wildman–Crippen MR) is 72.5 cm³/mol. The lowest BCUT2D eigenvalue weighted by molar-refractivity contribution is -0.145. The number of hydrogen-bond acceptors (Lipinski definition) is 3. The molecule has 0 aliphatic carbocycles. The van der Waals surface area contributed by atoms with E-state index in [9.17, 15) is 18.0 Å². The Bertz CT molecular complexity index is 770. The Kier molecular flexibility index (Phi) is 3.16. The number of nitrogens with zero attached hydrogens (tertiary/aromatic N) is 1. The molecule has 21 heavy (non-hydrogen) atoms. The van der Waals surface area contributed by atoms with Gasteiger partial charge in [0.15, 0.2) is 0 Å². The number of H-pyrrole nitrogens is 1. The van der Waals surface area contributed by atoms with Crippen LogP contribution in [0.25, 0.3) is 11.3 Å². The molecular formula is C13H9ClF3N3O. The third kappa shape index (κ3) is 2.49. The molecule has 2 aromatic rings. The fourth-order valence-corrected chi connectivity index (χ4v) is 2.45. The second-order valence-electron chi connectivity index (χ2n) is 4.61. The highest BCUT2D eigenvalue weighted by atomic mass is 35.5. The van der Waals surface area contributed by atoms with Gasteiger partial charge in [0.25, 0.3) is 5.56 Å². The first-order valence-corrected chi connectivity index (χ1v) is 6.48. The van der Waals surface area contributed by atoms with E-state index in [2.05, 4.69) is 10.3 Å². The number of anilines is 1. The van der Waals surface area contributed by atoms with Gasteiger partial charge in [-0.25, -0.2) is 4.98 Å². The van der Waals surface area contributed by atoms with E-state index < -0.39 is 17.6 Å². The maximum absolute atomic E-state index is 12.8. The number of halogens is 4. The average molecular weight is 316 g/mol. The Morgan fingerprint density at radius 2 is 2.05 bits per heavy atom. The summed E-state index contributed by atoms with van der Waals surface area (Å²) < 4.78 is 38.4. The van der Waals surface area contributed by atoms with E-state index in [0.717, 1.165) is 0 Å². The van der Waals surface area contributed by atoms with Crippen LogP contribution >= 0.6 is 11.6 Å². The lowest BCUT2D eigenvalue weighted by atomic mass is 10.0. The van der Waals surface area contributed by atoms with Crippen molar-refractivity contribution in [2.75, 3.05) is 11.9 Å². The first kappa shape index (κ1) is 13.9. The monoisotopic (exact) mass is 315 g/mol. The molecule has 1 aromatic carbocycles. The van der Waals surface area contributed by atoms with Crippen LogP contribution in [0.15, 0.2) is 23.0 Å². The maximum atomic E-state index is 12.8. The summed E-state index contributed by atoms with van der Waals surface area (Å²) >= 11 is 5.88. The molecule has 4 nitrogen and oxygen atoms in total. The Balaban J connectivity index is 2.30. The summed E-state index contributed by atoms with van der Waals surface area (Å²) in [5, 5.41) is 3.49. The van der Waals surface area contributed by atoms with Crippen molar-refractivity contribution in [1.29, 1.82) is 0 Å². The highest BCUT2D eigenvalue weighted by Crippen LogP contribution is 2.34. The van der Waals surface area contributed by atoms with Crippen LogP contribution in [-0.4, -0.2) is 16.5 Å². The van der Waals surface area contributed by atoms with Crippen molar-refractivity contribution in [3.8, 4) is 11.3 Å². The zero-order valence-corrected chi connectivity index (χ0v) is 11.3. The minimum Gasteiger partial charge on any atom is -0.384 e. The van der Waals surface area contributed by atoms with Crippen molar-refractivity contribution in [3.63, 3.8) is 0 Å². The minimum absolute atomic E-state index is 0.0442. The maximum Gasteiger partial charge on any atom is 0.449 e. The highest BCUT2D eigenvalue weighted by molar-refractivity contribution is 6.31. The number of fused-ring (bicyclic) bond motifs is 3. The summed E-state index contributed by atoms with van der Waals surface area (Å²) in [6.45, 7) is 0.413. The normalized spacial score (nSPS) is 13.9. The van der Waals surface area contributed by atoms with E-state index in [4.69, 9.17) is 11.6 Å². The predicted octanol–water partition coefficient (Wildman–Crippen LogP) is 3.08. The standard InChI is InChI=1S/C13H9ClF3N3O/c14-6-1-2-7-9(5-6)18-4-3-8-10(7)19-12(13(15,16)17)20-11(8)21/h1-2,5,18H,3-4H2,(H,19,20,21). The molecule has 1 aliphatic heterocycles. The van der Waals surface area contributed by atoms with E-state index in [-0.39, 0.29) is 17.7 Å². The molecule has 2 N–H and O–H groups in total. The Morgan fingerprint density at radius 1 is 1.29 bits per heavy atom. The summed E-state index contributed by atoms with van der Waals surface area (Å²) in [4.78, 5) is 17.3. The van der Waals surface area contributed by atoms with Crippen LogP contribution in [0.3, 0.4) is 0 Å². The summed E-state index contributed by atoms with van der Waals surface area (Å²) in [7, 11) is 0. The van der Waals surface area contributed by atoms with Crippen LogP contribution in [0.2, 0.25) is 5.02 Å². The number of hydrogen-bond donors (Lipinski definition) is 2. The molecule has 0 atom stereocenters. The highest BCUT2D eigenvalue weighted by Gasteiger charge is 2.35.